The number of fused-ring (bicyclic) bond motifs is 1. The Balaban J connectivity index is 0.000000720. The zero-order valence-electron chi connectivity index (χ0n) is 6.15. The third kappa shape index (κ3) is 1.06. The monoisotopic (exact) mass is 185 g/mol. The predicted octanol–water partition coefficient (Wildman–Crippen LogP) is 0.465. The van der Waals surface area contributed by atoms with Crippen molar-refractivity contribution in [2.45, 2.75) is 0 Å². The molecule has 0 aliphatic carbocycles. The van der Waals surface area contributed by atoms with Gasteiger partial charge in [-0.25, -0.2) is 9.47 Å². The molecule has 0 saturated carbocycles. The van der Waals surface area contributed by atoms with Gasteiger partial charge < -0.3 is 10.8 Å². The van der Waals surface area contributed by atoms with Gasteiger partial charge in [0.25, 0.3) is 0 Å². The van der Waals surface area contributed by atoms with Crippen molar-refractivity contribution in [2.75, 3.05) is 5.84 Å². The summed E-state index contributed by atoms with van der Waals surface area (Å²) in [4.78, 5) is 13.5. The lowest BCUT2D eigenvalue weighted by atomic mass is 10.3. The van der Waals surface area contributed by atoms with E-state index in [0.717, 1.165) is 15.7 Å². The van der Waals surface area contributed by atoms with E-state index >= 15 is 0 Å². The highest BCUT2D eigenvalue weighted by atomic mass is 35.5. The van der Waals surface area contributed by atoms with E-state index in [1.165, 1.54) is 0 Å². The first-order chi connectivity index (χ1) is 5.29. The number of halogens is 1. The van der Waals surface area contributed by atoms with E-state index in [2.05, 4.69) is 4.98 Å². The molecule has 2 aromatic rings. The number of H-pyrrole nitrogens is 1. The second kappa shape index (κ2) is 2.91. The van der Waals surface area contributed by atoms with Gasteiger partial charge in [-0.1, -0.05) is 12.1 Å². The van der Waals surface area contributed by atoms with Gasteiger partial charge in [0.15, 0.2) is 0 Å². The number of hydrogen-bond acceptors (Lipinski definition) is 2. The quantitative estimate of drug-likeness (QED) is 0.586. The summed E-state index contributed by atoms with van der Waals surface area (Å²) in [6.45, 7) is 0. The predicted molar refractivity (Wildman–Crippen MR) is 50.0 cm³/mol. The third-order valence-corrected chi connectivity index (χ3v) is 1.62. The molecule has 0 aliphatic rings. The molecule has 0 amide bonds. The lowest BCUT2D eigenvalue weighted by molar-refractivity contribution is 0.967. The van der Waals surface area contributed by atoms with Crippen molar-refractivity contribution in [3.8, 4) is 0 Å². The molecule has 0 unspecified atom stereocenters. The molecule has 1 aromatic carbocycles. The summed E-state index contributed by atoms with van der Waals surface area (Å²) in [5.41, 5.74) is 1.20. The number of nitrogens with two attached hydrogens (primary N) is 1. The van der Waals surface area contributed by atoms with Crippen molar-refractivity contribution in [1.29, 1.82) is 0 Å². The first-order valence-electron chi connectivity index (χ1n) is 3.24. The van der Waals surface area contributed by atoms with Gasteiger partial charge in [0.05, 0.1) is 11.0 Å². The number of rotatable bonds is 0. The summed E-state index contributed by atoms with van der Waals surface area (Å²) in [7, 11) is 0. The highest BCUT2D eigenvalue weighted by molar-refractivity contribution is 5.85. The standard InChI is InChI=1S/C7H7N3O.ClH/c8-10-6-4-2-1-3-5(6)9-7(10)11;/h1-4H,8H2,(H,9,11);1H. The van der Waals surface area contributed by atoms with Crippen LogP contribution in [0.4, 0.5) is 0 Å². The van der Waals surface area contributed by atoms with Gasteiger partial charge in [-0.2, -0.15) is 0 Å². The Hall–Kier alpha value is -1.42. The van der Waals surface area contributed by atoms with Crippen molar-refractivity contribution in [3.63, 3.8) is 0 Å². The van der Waals surface area contributed by atoms with Gasteiger partial charge in [0, 0.05) is 0 Å². The van der Waals surface area contributed by atoms with Crippen LogP contribution in [0.5, 0.6) is 0 Å². The average Bonchev–Trinajstić information content (AvgIpc) is 2.30. The molecule has 1 heterocycles. The van der Waals surface area contributed by atoms with Crippen LogP contribution in [-0.4, -0.2) is 9.66 Å². The van der Waals surface area contributed by atoms with Crippen LogP contribution < -0.4 is 11.5 Å². The summed E-state index contributed by atoms with van der Waals surface area (Å²) in [5.74, 6) is 5.41. The fraction of sp³-hybridized carbons (Fsp3) is 0. The highest BCUT2D eigenvalue weighted by Gasteiger charge is 1.99. The number of nitrogen functional groups attached to an aromatic ring is 1. The maximum absolute atomic E-state index is 10.9. The van der Waals surface area contributed by atoms with Crippen LogP contribution in [0.15, 0.2) is 29.1 Å². The normalized spacial score (nSPS) is 9.67. The molecule has 0 radical (unpaired) electrons. The van der Waals surface area contributed by atoms with Crippen LogP contribution in [0, 0.1) is 0 Å². The van der Waals surface area contributed by atoms with E-state index in [4.69, 9.17) is 5.84 Å². The van der Waals surface area contributed by atoms with Crippen molar-refractivity contribution in [1.82, 2.24) is 9.66 Å². The Kier molecular flexibility index (Phi) is 2.10. The van der Waals surface area contributed by atoms with Crippen LogP contribution in [0.3, 0.4) is 0 Å². The van der Waals surface area contributed by atoms with E-state index in [1.807, 2.05) is 12.1 Å². The van der Waals surface area contributed by atoms with E-state index < -0.39 is 0 Å². The number of benzene rings is 1. The molecule has 0 bridgehead atoms. The zero-order chi connectivity index (χ0) is 7.84. The Morgan fingerprint density at radius 1 is 1.33 bits per heavy atom. The molecule has 0 spiro atoms. The second-order valence-electron chi connectivity index (χ2n) is 2.32. The van der Waals surface area contributed by atoms with E-state index in [9.17, 15) is 4.79 Å². The number of nitrogens with zero attached hydrogens (tertiary/aromatic N) is 1. The van der Waals surface area contributed by atoms with Gasteiger partial charge in [-0.15, -0.1) is 12.4 Å². The van der Waals surface area contributed by atoms with E-state index in [-0.39, 0.29) is 18.1 Å². The molecule has 0 atom stereocenters. The third-order valence-electron chi connectivity index (χ3n) is 1.62. The summed E-state index contributed by atoms with van der Waals surface area (Å²) < 4.78 is 1.09. The van der Waals surface area contributed by atoms with Crippen molar-refractivity contribution >= 4 is 23.4 Å². The maximum atomic E-state index is 10.9. The minimum Gasteiger partial charge on any atom is -0.335 e. The Morgan fingerprint density at radius 2 is 2.00 bits per heavy atom. The zero-order valence-corrected chi connectivity index (χ0v) is 6.97. The largest absolute Gasteiger partial charge is 0.344 e. The topological polar surface area (TPSA) is 63.8 Å². The molecule has 0 fully saturated rings. The molecule has 4 nitrogen and oxygen atoms in total. The lowest BCUT2D eigenvalue weighted by Crippen LogP contribution is -2.23. The summed E-state index contributed by atoms with van der Waals surface area (Å²) in [6, 6.07) is 7.27. The minimum absolute atomic E-state index is 0. The molecule has 0 saturated heterocycles. The SMILES string of the molecule is Cl.Nn1c(=O)[nH]c2ccccc21. The van der Waals surface area contributed by atoms with Gasteiger partial charge in [-0.3, -0.25) is 0 Å². The second-order valence-corrected chi connectivity index (χ2v) is 2.32. The Labute approximate surface area is 74.4 Å². The first-order valence-corrected chi connectivity index (χ1v) is 3.24. The first kappa shape index (κ1) is 8.67. The molecule has 1 aromatic heterocycles. The molecule has 12 heavy (non-hydrogen) atoms. The van der Waals surface area contributed by atoms with Crippen LogP contribution in [-0.2, 0) is 0 Å². The van der Waals surface area contributed by atoms with Crippen molar-refractivity contribution in [3.05, 3.63) is 34.7 Å². The molecule has 2 rings (SSSR count). The number of imidazole rings is 1. The van der Waals surface area contributed by atoms with Crippen LogP contribution >= 0.6 is 12.4 Å². The number of aromatic nitrogens is 2. The molecule has 0 aliphatic heterocycles. The van der Waals surface area contributed by atoms with Gasteiger partial charge in [0.1, 0.15) is 0 Å². The smallest absolute Gasteiger partial charge is 0.335 e. The summed E-state index contributed by atoms with van der Waals surface area (Å²) in [6.07, 6.45) is 0. The maximum Gasteiger partial charge on any atom is 0.344 e. The summed E-state index contributed by atoms with van der Waals surface area (Å²) in [5, 5.41) is 0. The summed E-state index contributed by atoms with van der Waals surface area (Å²) >= 11 is 0. The van der Waals surface area contributed by atoms with Crippen molar-refractivity contribution in [2.24, 2.45) is 0 Å². The Morgan fingerprint density at radius 3 is 2.67 bits per heavy atom. The fourth-order valence-electron chi connectivity index (χ4n) is 1.07. The molecule has 64 valence electrons. The molecule has 3 N–H and O–H groups in total. The lowest BCUT2D eigenvalue weighted by Gasteiger charge is -1.89. The number of nitrogens with one attached hydrogen (secondary N) is 1. The number of para-hydroxylation sites is 2. The van der Waals surface area contributed by atoms with Gasteiger partial charge in [0.2, 0.25) is 0 Å². The minimum atomic E-state index is -0.286. The van der Waals surface area contributed by atoms with E-state index in [0.29, 0.717) is 0 Å². The van der Waals surface area contributed by atoms with Crippen LogP contribution in [0.25, 0.3) is 11.0 Å². The molecule has 5 heteroatoms. The highest BCUT2D eigenvalue weighted by Crippen LogP contribution is 2.05. The van der Waals surface area contributed by atoms with Crippen LogP contribution in [0.1, 0.15) is 0 Å². The van der Waals surface area contributed by atoms with Gasteiger partial charge >= 0.3 is 5.69 Å². The number of aromatic amines is 1. The fourth-order valence-corrected chi connectivity index (χ4v) is 1.07. The molecular weight excluding hydrogens is 178 g/mol. The average molecular weight is 186 g/mol. The van der Waals surface area contributed by atoms with E-state index in [1.54, 1.807) is 12.1 Å². The van der Waals surface area contributed by atoms with Gasteiger partial charge in [-0.05, 0) is 12.1 Å². The number of hydrogen-bond donors (Lipinski definition) is 2. The Bertz CT molecular complexity index is 445. The van der Waals surface area contributed by atoms with Crippen LogP contribution in [0.2, 0.25) is 0 Å². The van der Waals surface area contributed by atoms with Crippen molar-refractivity contribution < 1.29 is 0 Å². The molecular formula is C7H8ClN3O.